The number of nitrogens with zero attached hydrogens (tertiary/aromatic N) is 4. The van der Waals surface area contributed by atoms with Crippen LogP contribution in [-0.2, 0) is 6.54 Å². The summed E-state index contributed by atoms with van der Waals surface area (Å²) in [6.07, 6.45) is 8.78. The number of thiophene rings is 1. The molecule has 2 N–H and O–H groups in total. The highest BCUT2D eigenvalue weighted by molar-refractivity contribution is 7.10. The minimum Gasteiger partial charge on any atom is -0.356 e. The van der Waals surface area contributed by atoms with E-state index in [1.54, 1.807) is 0 Å². The molecule has 1 unspecified atom stereocenters. The van der Waals surface area contributed by atoms with Crippen molar-refractivity contribution in [2.24, 2.45) is 4.99 Å². The molecular formula is C20H32N6S. The maximum atomic E-state index is 4.39. The Hall–Kier alpha value is -1.86. The first kappa shape index (κ1) is 19.9. The van der Waals surface area contributed by atoms with Gasteiger partial charge in [-0.2, -0.15) is 0 Å². The Balaban J connectivity index is 1.40. The molecule has 0 radical (unpaired) electrons. The number of rotatable bonds is 9. The number of likely N-dealkylation sites (tertiary alicyclic amines) is 1. The summed E-state index contributed by atoms with van der Waals surface area (Å²) in [5.74, 6) is 1.98. The summed E-state index contributed by atoms with van der Waals surface area (Å²) in [6, 6.07) is 4.84. The van der Waals surface area contributed by atoms with Gasteiger partial charge < -0.3 is 15.2 Å². The topological polar surface area (TPSA) is 57.5 Å². The Morgan fingerprint density at radius 3 is 2.81 bits per heavy atom. The molecule has 1 fully saturated rings. The predicted octanol–water partition coefficient (Wildman–Crippen LogP) is 3.04. The normalized spacial score (nSPS) is 16.6. The molecule has 1 aliphatic rings. The number of hydrogen-bond acceptors (Lipinski definition) is 4. The largest absolute Gasteiger partial charge is 0.356 e. The molecule has 3 heterocycles. The summed E-state index contributed by atoms with van der Waals surface area (Å²) in [7, 11) is 1.85. The van der Waals surface area contributed by atoms with Crippen LogP contribution in [0.25, 0.3) is 0 Å². The van der Waals surface area contributed by atoms with Crippen molar-refractivity contribution in [2.75, 3.05) is 33.2 Å². The van der Waals surface area contributed by atoms with Gasteiger partial charge in [0.15, 0.2) is 5.96 Å². The summed E-state index contributed by atoms with van der Waals surface area (Å²) in [5.41, 5.74) is 0. The van der Waals surface area contributed by atoms with Crippen LogP contribution < -0.4 is 10.6 Å². The van der Waals surface area contributed by atoms with Crippen LogP contribution in [0.1, 0.15) is 42.4 Å². The van der Waals surface area contributed by atoms with Gasteiger partial charge in [-0.25, -0.2) is 4.98 Å². The summed E-state index contributed by atoms with van der Waals surface area (Å²) in [5, 5.41) is 9.17. The predicted molar refractivity (Wildman–Crippen MR) is 113 cm³/mol. The third-order valence-electron chi connectivity index (χ3n) is 5.18. The standard InChI is InChI=1S/C20H32N6S/c1-17-22-10-14-25(17)11-4-3-9-23-20(21-2)24-16-18(19-8-7-15-27-19)26-12-5-6-13-26/h7-8,10,14-15,18H,3-6,9,11-13,16H2,1-2H3,(H2,21,23,24). The first-order chi connectivity index (χ1) is 13.3. The van der Waals surface area contributed by atoms with E-state index in [0.717, 1.165) is 44.3 Å². The van der Waals surface area contributed by atoms with E-state index in [1.165, 1.54) is 30.8 Å². The van der Waals surface area contributed by atoms with E-state index in [2.05, 4.69) is 47.6 Å². The lowest BCUT2D eigenvalue weighted by Crippen LogP contribution is -2.42. The van der Waals surface area contributed by atoms with Crippen molar-refractivity contribution in [3.05, 3.63) is 40.6 Å². The number of unbranched alkanes of at least 4 members (excludes halogenated alkanes) is 1. The van der Waals surface area contributed by atoms with E-state index in [-0.39, 0.29) is 0 Å². The van der Waals surface area contributed by atoms with Gasteiger partial charge in [0.2, 0.25) is 0 Å². The molecule has 0 saturated carbocycles. The highest BCUT2D eigenvalue weighted by Crippen LogP contribution is 2.27. The van der Waals surface area contributed by atoms with Gasteiger partial charge in [-0.15, -0.1) is 11.3 Å². The van der Waals surface area contributed by atoms with Crippen LogP contribution in [0.4, 0.5) is 0 Å². The van der Waals surface area contributed by atoms with Crippen LogP contribution >= 0.6 is 11.3 Å². The second-order valence-corrected chi connectivity index (χ2v) is 8.01. The third kappa shape index (κ3) is 5.81. The van der Waals surface area contributed by atoms with E-state index in [0.29, 0.717) is 6.04 Å². The van der Waals surface area contributed by atoms with Crippen molar-refractivity contribution in [1.29, 1.82) is 0 Å². The monoisotopic (exact) mass is 388 g/mol. The number of aryl methyl sites for hydroxylation is 2. The molecule has 1 aliphatic heterocycles. The fraction of sp³-hybridized carbons (Fsp3) is 0.600. The first-order valence-electron chi connectivity index (χ1n) is 9.97. The molecule has 148 valence electrons. The molecule has 2 aromatic heterocycles. The zero-order valence-corrected chi connectivity index (χ0v) is 17.3. The van der Waals surface area contributed by atoms with Gasteiger partial charge in [0.25, 0.3) is 0 Å². The van der Waals surface area contributed by atoms with Gasteiger partial charge in [0.05, 0.1) is 6.04 Å². The van der Waals surface area contributed by atoms with E-state index in [1.807, 2.05) is 37.7 Å². The van der Waals surface area contributed by atoms with Crippen molar-refractivity contribution in [2.45, 2.75) is 45.2 Å². The zero-order chi connectivity index (χ0) is 18.9. The lowest BCUT2D eigenvalue weighted by atomic mass is 10.2. The fourth-order valence-corrected chi connectivity index (χ4v) is 4.47. The Morgan fingerprint density at radius 1 is 1.30 bits per heavy atom. The van der Waals surface area contributed by atoms with Crippen molar-refractivity contribution < 1.29 is 0 Å². The average Bonchev–Trinajstić information content (AvgIpc) is 3.44. The molecule has 6 nitrogen and oxygen atoms in total. The highest BCUT2D eigenvalue weighted by Gasteiger charge is 2.24. The minimum absolute atomic E-state index is 0.440. The van der Waals surface area contributed by atoms with Crippen molar-refractivity contribution >= 4 is 17.3 Å². The SMILES string of the molecule is CN=C(NCCCCn1ccnc1C)NCC(c1cccs1)N1CCCC1. The summed E-state index contributed by atoms with van der Waals surface area (Å²) in [4.78, 5) is 12.7. The van der Waals surface area contributed by atoms with Crippen molar-refractivity contribution in [3.8, 4) is 0 Å². The molecule has 0 aromatic carbocycles. The van der Waals surface area contributed by atoms with Gasteiger partial charge in [-0.05, 0) is 57.1 Å². The van der Waals surface area contributed by atoms with Crippen molar-refractivity contribution in [3.63, 3.8) is 0 Å². The number of guanidine groups is 1. The van der Waals surface area contributed by atoms with Gasteiger partial charge >= 0.3 is 0 Å². The molecule has 1 saturated heterocycles. The second-order valence-electron chi connectivity index (χ2n) is 7.03. The number of imidazole rings is 1. The number of hydrogen-bond donors (Lipinski definition) is 2. The lowest BCUT2D eigenvalue weighted by Gasteiger charge is -2.27. The second kappa shape index (κ2) is 10.5. The first-order valence-corrected chi connectivity index (χ1v) is 10.9. The average molecular weight is 389 g/mol. The maximum absolute atomic E-state index is 4.39. The Bertz CT molecular complexity index is 687. The van der Waals surface area contributed by atoms with Gasteiger partial charge in [0, 0.05) is 44.0 Å². The van der Waals surface area contributed by atoms with Crippen molar-refractivity contribution in [1.82, 2.24) is 25.1 Å². The number of aromatic nitrogens is 2. The molecule has 27 heavy (non-hydrogen) atoms. The number of aliphatic imine (C=N–C) groups is 1. The van der Waals surface area contributed by atoms with E-state index < -0.39 is 0 Å². The molecule has 3 rings (SSSR count). The van der Waals surface area contributed by atoms with Crippen LogP contribution in [0, 0.1) is 6.92 Å². The van der Waals surface area contributed by atoms with Gasteiger partial charge in [-0.1, -0.05) is 6.07 Å². The quantitative estimate of drug-likeness (QED) is 0.394. The molecule has 0 spiro atoms. The Kier molecular flexibility index (Phi) is 7.71. The number of nitrogens with one attached hydrogen (secondary N) is 2. The molecule has 1 atom stereocenters. The highest BCUT2D eigenvalue weighted by atomic mass is 32.1. The summed E-state index contributed by atoms with van der Waals surface area (Å²) >= 11 is 1.85. The van der Waals surface area contributed by atoms with Crippen LogP contribution in [-0.4, -0.2) is 53.6 Å². The third-order valence-corrected chi connectivity index (χ3v) is 6.15. The molecule has 0 aliphatic carbocycles. The zero-order valence-electron chi connectivity index (χ0n) is 16.5. The summed E-state index contributed by atoms with van der Waals surface area (Å²) < 4.78 is 2.20. The smallest absolute Gasteiger partial charge is 0.191 e. The molecular weight excluding hydrogens is 356 g/mol. The molecule has 0 amide bonds. The van der Waals surface area contributed by atoms with E-state index in [9.17, 15) is 0 Å². The van der Waals surface area contributed by atoms with Gasteiger partial charge in [0.1, 0.15) is 5.82 Å². The minimum atomic E-state index is 0.440. The summed E-state index contributed by atoms with van der Waals surface area (Å²) in [6.45, 7) is 7.30. The van der Waals surface area contributed by atoms with Gasteiger partial charge in [-0.3, -0.25) is 9.89 Å². The molecule has 2 aromatic rings. The van der Waals surface area contributed by atoms with E-state index >= 15 is 0 Å². The Morgan fingerprint density at radius 2 is 2.15 bits per heavy atom. The Labute approximate surface area is 166 Å². The molecule has 0 bridgehead atoms. The fourth-order valence-electron chi connectivity index (χ4n) is 3.61. The van der Waals surface area contributed by atoms with Crippen LogP contribution in [0.3, 0.4) is 0 Å². The van der Waals surface area contributed by atoms with E-state index in [4.69, 9.17) is 0 Å². The van der Waals surface area contributed by atoms with Crippen LogP contribution in [0.5, 0.6) is 0 Å². The van der Waals surface area contributed by atoms with Crippen LogP contribution in [0.15, 0.2) is 34.9 Å². The maximum Gasteiger partial charge on any atom is 0.191 e. The lowest BCUT2D eigenvalue weighted by molar-refractivity contribution is 0.249. The van der Waals surface area contributed by atoms with Crippen LogP contribution in [0.2, 0.25) is 0 Å². The molecule has 7 heteroatoms.